The molecule has 0 bridgehead atoms. The van der Waals surface area contributed by atoms with Crippen LogP contribution in [0.3, 0.4) is 0 Å². The summed E-state index contributed by atoms with van der Waals surface area (Å²) >= 11 is 0. The minimum Gasteiger partial charge on any atom is -0.494 e. The molecular weight excluding hydrogens is 284 g/mol. The molecule has 0 N–H and O–H groups in total. The predicted molar refractivity (Wildman–Crippen MR) is 96.8 cm³/mol. The van der Waals surface area contributed by atoms with E-state index in [1.54, 1.807) is 0 Å². The van der Waals surface area contributed by atoms with Crippen molar-refractivity contribution in [2.24, 2.45) is 0 Å². The quantitative estimate of drug-likeness (QED) is 0.415. The normalized spacial score (nSPS) is 16.7. The summed E-state index contributed by atoms with van der Waals surface area (Å²) in [7, 11) is 0. The number of Topliss-reactive ketones (excluding diaryl/α,β-unsaturated/α-hetero) is 1. The van der Waals surface area contributed by atoms with Crippen molar-refractivity contribution in [2.75, 3.05) is 6.61 Å². The standard InChI is InChI=1S/C21H30O2/c1-2-3-4-5-6-9-16-23-20-14-12-18(13-15-20)17-19-10-7-8-11-21(19)22/h12-15,17H,2-11,16H2,1H3. The fourth-order valence-corrected chi connectivity index (χ4v) is 2.99. The Morgan fingerprint density at radius 1 is 0.957 bits per heavy atom. The fraction of sp³-hybridized carbons (Fsp3) is 0.571. The van der Waals surface area contributed by atoms with Crippen LogP contribution in [0.4, 0.5) is 0 Å². The molecule has 1 aromatic rings. The Morgan fingerprint density at radius 2 is 1.65 bits per heavy atom. The van der Waals surface area contributed by atoms with Gasteiger partial charge in [-0.15, -0.1) is 0 Å². The minimum absolute atomic E-state index is 0.319. The summed E-state index contributed by atoms with van der Waals surface area (Å²) in [6.45, 7) is 3.04. The Bertz CT molecular complexity index is 499. The van der Waals surface area contributed by atoms with E-state index in [4.69, 9.17) is 4.74 Å². The molecule has 0 aliphatic heterocycles. The lowest BCUT2D eigenvalue weighted by molar-refractivity contribution is -0.116. The van der Waals surface area contributed by atoms with Gasteiger partial charge in [0.15, 0.2) is 5.78 Å². The Kier molecular flexibility index (Phi) is 7.92. The maximum Gasteiger partial charge on any atom is 0.158 e. The number of hydrogen-bond acceptors (Lipinski definition) is 2. The number of allylic oxidation sites excluding steroid dienone is 1. The summed E-state index contributed by atoms with van der Waals surface area (Å²) in [4.78, 5) is 11.8. The summed E-state index contributed by atoms with van der Waals surface area (Å²) in [6.07, 6.45) is 13.6. The van der Waals surface area contributed by atoms with Gasteiger partial charge in [-0.1, -0.05) is 51.2 Å². The van der Waals surface area contributed by atoms with Gasteiger partial charge in [0.25, 0.3) is 0 Å². The lowest BCUT2D eigenvalue weighted by Crippen LogP contribution is -2.07. The third-order valence-corrected chi connectivity index (χ3v) is 4.45. The first kappa shape index (κ1) is 17.8. The Morgan fingerprint density at radius 3 is 2.39 bits per heavy atom. The number of benzene rings is 1. The van der Waals surface area contributed by atoms with Crippen LogP contribution in [-0.2, 0) is 4.79 Å². The van der Waals surface area contributed by atoms with Crippen LogP contribution in [0.15, 0.2) is 29.8 Å². The number of ketones is 1. The van der Waals surface area contributed by atoms with Crippen molar-refractivity contribution in [3.05, 3.63) is 35.4 Å². The smallest absolute Gasteiger partial charge is 0.158 e. The van der Waals surface area contributed by atoms with Crippen molar-refractivity contribution in [3.63, 3.8) is 0 Å². The molecule has 2 rings (SSSR count). The summed E-state index contributed by atoms with van der Waals surface area (Å²) in [6, 6.07) is 8.12. The first-order chi connectivity index (χ1) is 11.3. The van der Waals surface area contributed by atoms with Gasteiger partial charge in [-0.2, -0.15) is 0 Å². The summed E-state index contributed by atoms with van der Waals surface area (Å²) < 4.78 is 5.79. The molecule has 1 aliphatic rings. The van der Waals surface area contributed by atoms with Crippen LogP contribution < -0.4 is 4.74 Å². The van der Waals surface area contributed by atoms with Crippen LogP contribution in [0.2, 0.25) is 0 Å². The van der Waals surface area contributed by atoms with E-state index in [9.17, 15) is 4.79 Å². The molecule has 126 valence electrons. The third-order valence-electron chi connectivity index (χ3n) is 4.45. The minimum atomic E-state index is 0.319. The summed E-state index contributed by atoms with van der Waals surface area (Å²) in [5, 5.41) is 0. The van der Waals surface area contributed by atoms with Gasteiger partial charge in [0, 0.05) is 6.42 Å². The highest BCUT2D eigenvalue weighted by Crippen LogP contribution is 2.23. The van der Waals surface area contributed by atoms with Gasteiger partial charge >= 0.3 is 0 Å². The molecule has 1 aliphatic carbocycles. The van der Waals surface area contributed by atoms with E-state index in [1.807, 2.05) is 30.3 Å². The van der Waals surface area contributed by atoms with Crippen LogP contribution in [0.5, 0.6) is 5.75 Å². The number of hydrogen-bond donors (Lipinski definition) is 0. The number of carbonyl (C=O) groups is 1. The highest BCUT2D eigenvalue weighted by molar-refractivity contribution is 6.00. The molecule has 0 spiro atoms. The van der Waals surface area contributed by atoms with Gasteiger partial charge in [-0.05, 0) is 55.0 Å². The van der Waals surface area contributed by atoms with Crippen molar-refractivity contribution >= 4 is 11.9 Å². The molecule has 0 heterocycles. The SMILES string of the molecule is CCCCCCCCOc1ccc(C=C2CCCCC2=O)cc1. The molecule has 0 amide bonds. The van der Waals surface area contributed by atoms with E-state index < -0.39 is 0 Å². The maximum atomic E-state index is 11.8. The van der Waals surface area contributed by atoms with Gasteiger partial charge in [0.1, 0.15) is 5.75 Å². The molecule has 1 fully saturated rings. The summed E-state index contributed by atoms with van der Waals surface area (Å²) in [5.41, 5.74) is 2.08. The average Bonchev–Trinajstić information content (AvgIpc) is 2.57. The molecule has 1 saturated carbocycles. The van der Waals surface area contributed by atoms with Crippen molar-refractivity contribution in [1.29, 1.82) is 0 Å². The molecule has 2 heteroatoms. The second kappa shape index (κ2) is 10.3. The van der Waals surface area contributed by atoms with Crippen LogP contribution in [-0.4, -0.2) is 12.4 Å². The zero-order valence-corrected chi connectivity index (χ0v) is 14.5. The molecule has 23 heavy (non-hydrogen) atoms. The first-order valence-corrected chi connectivity index (χ1v) is 9.26. The van der Waals surface area contributed by atoms with Crippen LogP contribution >= 0.6 is 0 Å². The Balaban J connectivity index is 1.72. The van der Waals surface area contributed by atoms with E-state index in [-0.39, 0.29) is 0 Å². The van der Waals surface area contributed by atoms with Crippen LogP contribution in [0.1, 0.15) is 76.7 Å². The zero-order chi connectivity index (χ0) is 16.3. The molecule has 2 nitrogen and oxygen atoms in total. The lowest BCUT2D eigenvalue weighted by Gasteiger charge is -2.12. The van der Waals surface area contributed by atoms with Crippen molar-refractivity contribution < 1.29 is 9.53 Å². The predicted octanol–water partition coefficient (Wildman–Crippen LogP) is 5.95. The number of rotatable bonds is 9. The van der Waals surface area contributed by atoms with Gasteiger partial charge in [-0.25, -0.2) is 0 Å². The van der Waals surface area contributed by atoms with E-state index in [0.717, 1.165) is 49.2 Å². The lowest BCUT2D eigenvalue weighted by atomic mass is 9.92. The average molecular weight is 314 g/mol. The van der Waals surface area contributed by atoms with Crippen molar-refractivity contribution in [3.8, 4) is 5.75 Å². The molecule has 1 aromatic carbocycles. The van der Waals surface area contributed by atoms with Gasteiger partial charge in [0.2, 0.25) is 0 Å². The molecule has 0 saturated heterocycles. The van der Waals surface area contributed by atoms with E-state index in [0.29, 0.717) is 12.2 Å². The molecule has 0 aromatic heterocycles. The van der Waals surface area contributed by atoms with E-state index in [2.05, 4.69) is 6.92 Å². The molecular formula is C21H30O2. The largest absolute Gasteiger partial charge is 0.494 e. The maximum absolute atomic E-state index is 11.8. The third kappa shape index (κ3) is 6.60. The Hall–Kier alpha value is -1.57. The topological polar surface area (TPSA) is 26.3 Å². The fourth-order valence-electron chi connectivity index (χ4n) is 2.99. The van der Waals surface area contributed by atoms with Crippen LogP contribution in [0.25, 0.3) is 6.08 Å². The first-order valence-electron chi connectivity index (χ1n) is 9.26. The number of carbonyl (C=O) groups excluding carboxylic acids is 1. The van der Waals surface area contributed by atoms with E-state index >= 15 is 0 Å². The van der Waals surface area contributed by atoms with Crippen molar-refractivity contribution in [2.45, 2.75) is 71.1 Å². The van der Waals surface area contributed by atoms with Gasteiger partial charge in [0.05, 0.1) is 6.61 Å². The highest BCUT2D eigenvalue weighted by Gasteiger charge is 2.14. The molecule has 0 radical (unpaired) electrons. The zero-order valence-electron chi connectivity index (χ0n) is 14.5. The molecule has 0 unspecified atom stereocenters. The number of ether oxygens (including phenoxy) is 1. The van der Waals surface area contributed by atoms with Gasteiger partial charge < -0.3 is 4.74 Å². The van der Waals surface area contributed by atoms with E-state index in [1.165, 1.54) is 32.1 Å². The Labute approximate surface area is 140 Å². The second-order valence-corrected chi connectivity index (χ2v) is 6.49. The van der Waals surface area contributed by atoms with Crippen LogP contribution in [0, 0.1) is 0 Å². The number of unbranched alkanes of at least 4 members (excludes halogenated alkanes) is 5. The van der Waals surface area contributed by atoms with Gasteiger partial charge in [-0.3, -0.25) is 4.79 Å². The van der Waals surface area contributed by atoms with Crippen molar-refractivity contribution in [1.82, 2.24) is 0 Å². The summed E-state index contributed by atoms with van der Waals surface area (Å²) in [5.74, 6) is 1.25. The monoisotopic (exact) mass is 314 g/mol. The highest BCUT2D eigenvalue weighted by atomic mass is 16.5. The second-order valence-electron chi connectivity index (χ2n) is 6.49. The molecule has 0 atom stereocenters.